The van der Waals surface area contributed by atoms with Gasteiger partial charge in [0.25, 0.3) is 0 Å². The molecule has 1 N–H and O–H groups in total. The zero-order valence-corrected chi connectivity index (χ0v) is 13.1. The molecule has 1 aromatic carbocycles. The van der Waals surface area contributed by atoms with Crippen LogP contribution in [-0.4, -0.2) is 11.1 Å². The Balaban J connectivity index is 2.05. The number of aromatic nitrogens is 1. The minimum Gasteiger partial charge on any atom is -0.338 e. The van der Waals surface area contributed by atoms with Gasteiger partial charge in [-0.2, -0.15) is 0 Å². The van der Waals surface area contributed by atoms with Crippen molar-refractivity contribution >= 4 is 11.8 Å². The Morgan fingerprint density at radius 1 is 1.24 bits per heavy atom. The van der Waals surface area contributed by atoms with Crippen molar-refractivity contribution in [1.29, 1.82) is 0 Å². The van der Waals surface area contributed by atoms with Crippen LogP contribution in [0.2, 0.25) is 0 Å². The van der Waals surface area contributed by atoms with Crippen molar-refractivity contribution in [2.75, 3.05) is 5.32 Å². The molecule has 1 heterocycles. The van der Waals surface area contributed by atoms with Crippen LogP contribution >= 0.6 is 0 Å². The van der Waals surface area contributed by atoms with Gasteiger partial charge in [-0.1, -0.05) is 57.1 Å². The number of rotatable bonds is 4. The second-order valence-electron chi connectivity index (χ2n) is 6.41. The molecule has 0 aliphatic rings. The van der Waals surface area contributed by atoms with Gasteiger partial charge in [-0.25, -0.2) is 0 Å². The predicted octanol–water partition coefficient (Wildman–Crippen LogP) is 4.28. The van der Waals surface area contributed by atoms with Gasteiger partial charge in [0.15, 0.2) is 0 Å². The highest BCUT2D eigenvalue weighted by atomic mass is 16.5. The van der Waals surface area contributed by atoms with Gasteiger partial charge in [-0.15, -0.1) is 0 Å². The van der Waals surface area contributed by atoms with E-state index in [1.807, 2.05) is 32.9 Å². The Morgan fingerprint density at radius 3 is 2.48 bits per heavy atom. The molecule has 0 bridgehead atoms. The van der Waals surface area contributed by atoms with Crippen molar-refractivity contribution in [2.45, 2.75) is 40.5 Å². The van der Waals surface area contributed by atoms with Crippen molar-refractivity contribution in [3.05, 3.63) is 35.9 Å². The largest absolute Gasteiger partial charge is 0.338 e. The third-order valence-electron chi connectivity index (χ3n) is 3.12. The quantitative estimate of drug-likeness (QED) is 0.912. The summed E-state index contributed by atoms with van der Waals surface area (Å²) in [5, 5.41) is 6.74. The van der Waals surface area contributed by atoms with Crippen LogP contribution in [0.3, 0.4) is 0 Å². The van der Waals surface area contributed by atoms with Gasteiger partial charge in [0.05, 0.1) is 0 Å². The molecule has 0 radical (unpaired) electrons. The minimum atomic E-state index is -0.0634. The highest BCUT2D eigenvalue weighted by molar-refractivity contribution is 5.90. The molecule has 4 nitrogen and oxygen atoms in total. The van der Waals surface area contributed by atoms with Crippen LogP contribution in [0.15, 0.2) is 34.9 Å². The normalized spacial score (nSPS) is 11.4. The lowest BCUT2D eigenvalue weighted by Gasteiger charge is -2.16. The average Bonchev–Trinajstić information content (AvgIpc) is 2.85. The van der Waals surface area contributed by atoms with Crippen molar-refractivity contribution < 1.29 is 9.32 Å². The second kappa shape index (κ2) is 6.12. The Morgan fingerprint density at radius 2 is 1.90 bits per heavy atom. The van der Waals surface area contributed by atoms with Gasteiger partial charge in [0.2, 0.25) is 11.8 Å². The number of benzene rings is 1. The molecule has 1 amide bonds. The van der Waals surface area contributed by atoms with Crippen molar-refractivity contribution in [1.82, 2.24) is 5.16 Å². The molecule has 2 aromatic rings. The zero-order chi connectivity index (χ0) is 15.5. The Hall–Kier alpha value is -2.10. The van der Waals surface area contributed by atoms with Gasteiger partial charge in [-0.3, -0.25) is 10.1 Å². The van der Waals surface area contributed by atoms with Gasteiger partial charge in [-0.05, 0) is 17.4 Å². The van der Waals surface area contributed by atoms with E-state index in [1.54, 1.807) is 6.07 Å². The summed E-state index contributed by atoms with van der Waals surface area (Å²) in [5.41, 5.74) is 2.93. The summed E-state index contributed by atoms with van der Waals surface area (Å²) in [7, 11) is 0. The standard InChI is InChI=1S/C17H22N2O2/c1-5-12-6-8-13(9-7-12)14-10-16(21-19-14)18-15(20)11-17(2,3)4/h6-10H,5,11H2,1-4H3,(H,18,20). The Kier molecular flexibility index (Phi) is 4.46. The molecule has 0 saturated heterocycles. The number of hydrogen-bond acceptors (Lipinski definition) is 3. The van der Waals surface area contributed by atoms with Gasteiger partial charge in [0.1, 0.15) is 5.69 Å². The number of nitrogens with zero attached hydrogens (tertiary/aromatic N) is 1. The van der Waals surface area contributed by atoms with Crippen LogP contribution in [0.4, 0.5) is 5.88 Å². The van der Waals surface area contributed by atoms with Gasteiger partial charge < -0.3 is 4.52 Å². The van der Waals surface area contributed by atoms with E-state index in [1.165, 1.54) is 5.56 Å². The molecule has 112 valence electrons. The molecule has 1 aromatic heterocycles. The number of aryl methyl sites for hydroxylation is 1. The third kappa shape index (κ3) is 4.45. The summed E-state index contributed by atoms with van der Waals surface area (Å²) in [5.74, 6) is 0.324. The second-order valence-corrected chi connectivity index (χ2v) is 6.41. The van der Waals surface area contributed by atoms with E-state index in [4.69, 9.17) is 4.52 Å². The molecule has 0 aliphatic carbocycles. The Labute approximate surface area is 125 Å². The molecular weight excluding hydrogens is 264 g/mol. The highest BCUT2D eigenvalue weighted by Crippen LogP contribution is 2.24. The van der Waals surface area contributed by atoms with Crippen molar-refractivity contribution in [3.8, 4) is 11.3 Å². The molecule has 0 unspecified atom stereocenters. The number of anilines is 1. The van der Waals surface area contributed by atoms with E-state index >= 15 is 0 Å². The first kappa shape index (κ1) is 15.3. The minimum absolute atomic E-state index is 0.0527. The third-order valence-corrected chi connectivity index (χ3v) is 3.12. The van der Waals surface area contributed by atoms with E-state index in [2.05, 4.69) is 29.5 Å². The monoisotopic (exact) mass is 286 g/mol. The number of nitrogens with one attached hydrogen (secondary N) is 1. The predicted molar refractivity (Wildman–Crippen MR) is 84.0 cm³/mol. The fourth-order valence-corrected chi connectivity index (χ4v) is 2.04. The SMILES string of the molecule is CCc1ccc(-c2cc(NC(=O)CC(C)(C)C)on2)cc1. The summed E-state index contributed by atoms with van der Waals surface area (Å²) in [6.45, 7) is 8.18. The maximum Gasteiger partial charge on any atom is 0.231 e. The van der Waals surface area contributed by atoms with E-state index < -0.39 is 0 Å². The summed E-state index contributed by atoms with van der Waals surface area (Å²) in [4.78, 5) is 11.9. The van der Waals surface area contributed by atoms with Gasteiger partial charge >= 0.3 is 0 Å². The topological polar surface area (TPSA) is 55.1 Å². The summed E-state index contributed by atoms with van der Waals surface area (Å²) in [6, 6.07) is 9.92. The average molecular weight is 286 g/mol. The molecule has 4 heteroatoms. The van der Waals surface area contributed by atoms with E-state index in [-0.39, 0.29) is 11.3 Å². The highest BCUT2D eigenvalue weighted by Gasteiger charge is 2.17. The molecule has 0 fully saturated rings. The Bertz CT molecular complexity index is 606. The number of carbonyl (C=O) groups excluding carboxylic acids is 1. The zero-order valence-electron chi connectivity index (χ0n) is 13.1. The van der Waals surface area contributed by atoms with Crippen LogP contribution in [0.5, 0.6) is 0 Å². The van der Waals surface area contributed by atoms with E-state index in [0.29, 0.717) is 12.3 Å². The molecule has 21 heavy (non-hydrogen) atoms. The lowest BCUT2D eigenvalue weighted by atomic mass is 9.92. The number of carbonyl (C=O) groups is 1. The fourth-order valence-electron chi connectivity index (χ4n) is 2.04. The number of hydrogen-bond donors (Lipinski definition) is 1. The summed E-state index contributed by atoms with van der Waals surface area (Å²) < 4.78 is 5.18. The fraction of sp³-hybridized carbons (Fsp3) is 0.412. The van der Waals surface area contributed by atoms with Crippen molar-refractivity contribution in [2.24, 2.45) is 5.41 Å². The van der Waals surface area contributed by atoms with E-state index in [9.17, 15) is 4.79 Å². The lowest BCUT2D eigenvalue weighted by molar-refractivity contribution is -0.117. The van der Waals surface area contributed by atoms with Gasteiger partial charge in [0, 0.05) is 18.1 Å². The first-order valence-electron chi connectivity index (χ1n) is 7.23. The summed E-state index contributed by atoms with van der Waals surface area (Å²) >= 11 is 0. The first-order valence-corrected chi connectivity index (χ1v) is 7.23. The summed E-state index contributed by atoms with van der Waals surface area (Å²) in [6.07, 6.45) is 1.45. The molecular formula is C17H22N2O2. The van der Waals surface area contributed by atoms with Crippen LogP contribution in [-0.2, 0) is 11.2 Å². The van der Waals surface area contributed by atoms with Crippen LogP contribution < -0.4 is 5.32 Å². The molecule has 0 atom stereocenters. The van der Waals surface area contributed by atoms with Crippen LogP contribution in [0.1, 0.15) is 39.7 Å². The first-order chi connectivity index (χ1) is 9.87. The smallest absolute Gasteiger partial charge is 0.231 e. The molecule has 0 saturated carbocycles. The number of amides is 1. The lowest BCUT2D eigenvalue weighted by Crippen LogP contribution is -2.19. The van der Waals surface area contributed by atoms with Crippen LogP contribution in [0.25, 0.3) is 11.3 Å². The van der Waals surface area contributed by atoms with Crippen LogP contribution in [0, 0.1) is 5.41 Å². The molecule has 2 rings (SSSR count). The maximum absolute atomic E-state index is 11.9. The van der Waals surface area contributed by atoms with E-state index in [0.717, 1.165) is 17.7 Å². The molecule has 0 spiro atoms. The molecule has 0 aliphatic heterocycles. The van der Waals surface area contributed by atoms with Crippen molar-refractivity contribution in [3.63, 3.8) is 0 Å². The maximum atomic E-state index is 11.9.